The molecule has 2 aromatic rings. The molecule has 0 unspecified atom stereocenters. The van der Waals surface area contributed by atoms with Crippen molar-refractivity contribution in [1.82, 2.24) is 9.78 Å². The third-order valence-corrected chi connectivity index (χ3v) is 3.32. The molecule has 0 saturated heterocycles. The highest BCUT2D eigenvalue weighted by Crippen LogP contribution is 2.15. The van der Waals surface area contributed by atoms with Crippen LogP contribution < -0.4 is 10.9 Å². The van der Waals surface area contributed by atoms with Crippen molar-refractivity contribution in [2.75, 3.05) is 11.9 Å². The highest BCUT2D eigenvalue weighted by molar-refractivity contribution is 6.32. The van der Waals surface area contributed by atoms with Crippen LogP contribution in [0.4, 0.5) is 5.69 Å². The molecule has 0 radical (unpaired) electrons. The molecular formula is C14H16ClN3O2. The van der Waals surface area contributed by atoms with Crippen molar-refractivity contribution in [2.45, 2.75) is 19.9 Å². The summed E-state index contributed by atoms with van der Waals surface area (Å²) >= 11 is 6.01. The second-order valence-electron chi connectivity index (χ2n) is 4.34. The van der Waals surface area contributed by atoms with E-state index in [4.69, 9.17) is 11.6 Å². The quantitative estimate of drug-likeness (QED) is 0.887. The number of nitrogens with zero attached hydrogens (tertiary/aromatic N) is 2. The zero-order chi connectivity index (χ0) is 14.5. The molecule has 0 fully saturated rings. The number of nitrogens with one attached hydrogen (secondary N) is 1. The van der Waals surface area contributed by atoms with Crippen LogP contribution in [0.25, 0.3) is 0 Å². The number of anilines is 1. The van der Waals surface area contributed by atoms with Gasteiger partial charge in [0.25, 0.3) is 5.56 Å². The van der Waals surface area contributed by atoms with E-state index >= 15 is 0 Å². The van der Waals surface area contributed by atoms with Gasteiger partial charge in [0.15, 0.2) is 0 Å². The normalized spacial score (nSPS) is 10.5. The lowest BCUT2D eigenvalue weighted by Crippen LogP contribution is -2.23. The van der Waals surface area contributed by atoms with E-state index in [0.717, 1.165) is 12.0 Å². The predicted molar refractivity (Wildman–Crippen MR) is 79.5 cm³/mol. The minimum absolute atomic E-state index is 0.160. The van der Waals surface area contributed by atoms with Crippen LogP contribution >= 0.6 is 11.6 Å². The molecule has 0 atom stereocenters. The molecule has 0 saturated carbocycles. The van der Waals surface area contributed by atoms with E-state index in [1.165, 1.54) is 4.68 Å². The lowest BCUT2D eigenvalue weighted by atomic mass is 10.1. The van der Waals surface area contributed by atoms with Gasteiger partial charge in [-0.25, -0.2) is 4.68 Å². The average Bonchev–Trinajstić information content (AvgIpc) is 2.46. The maximum atomic E-state index is 11.8. The molecule has 0 bridgehead atoms. The molecule has 5 nitrogen and oxygen atoms in total. The Morgan fingerprint density at radius 1 is 1.35 bits per heavy atom. The number of aromatic hydroxyl groups is 1. The van der Waals surface area contributed by atoms with E-state index in [-0.39, 0.29) is 16.3 Å². The van der Waals surface area contributed by atoms with E-state index in [2.05, 4.69) is 10.4 Å². The summed E-state index contributed by atoms with van der Waals surface area (Å²) in [6.45, 7) is 2.96. The van der Waals surface area contributed by atoms with Gasteiger partial charge in [-0.2, -0.15) is 5.10 Å². The number of aryl methyl sites for hydroxylation is 1. The highest BCUT2D eigenvalue weighted by atomic mass is 35.5. The Morgan fingerprint density at radius 3 is 2.70 bits per heavy atom. The SMILES string of the molecule is CCn1ncc(NCCc2ccc(O)cc2)c(Cl)c1=O. The first-order valence-corrected chi connectivity index (χ1v) is 6.77. The van der Waals surface area contributed by atoms with E-state index in [1.54, 1.807) is 18.3 Å². The summed E-state index contributed by atoms with van der Waals surface area (Å²) in [5, 5.41) is 16.5. The van der Waals surface area contributed by atoms with Gasteiger partial charge in [-0.1, -0.05) is 23.7 Å². The van der Waals surface area contributed by atoms with Crippen molar-refractivity contribution in [3.05, 3.63) is 51.4 Å². The van der Waals surface area contributed by atoms with Crippen LogP contribution in [0.5, 0.6) is 5.75 Å². The molecule has 6 heteroatoms. The van der Waals surface area contributed by atoms with Crippen molar-refractivity contribution in [1.29, 1.82) is 0 Å². The van der Waals surface area contributed by atoms with E-state index in [0.29, 0.717) is 18.8 Å². The van der Waals surface area contributed by atoms with E-state index in [1.807, 2.05) is 19.1 Å². The Labute approximate surface area is 121 Å². The fraction of sp³-hybridized carbons (Fsp3) is 0.286. The number of aromatic nitrogens is 2. The Balaban J connectivity index is 1.99. The van der Waals surface area contributed by atoms with E-state index < -0.39 is 0 Å². The van der Waals surface area contributed by atoms with Crippen molar-refractivity contribution < 1.29 is 5.11 Å². The maximum absolute atomic E-state index is 11.8. The van der Waals surface area contributed by atoms with Gasteiger partial charge in [0.2, 0.25) is 0 Å². The number of phenolic OH excluding ortho intramolecular Hbond substituents is 1. The summed E-state index contributed by atoms with van der Waals surface area (Å²) in [5.74, 6) is 0.247. The summed E-state index contributed by atoms with van der Waals surface area (Å²) in [5.41, 5.74) is 1.34. The van der Waals surface area contributed by atoms with Crippen LogP contribution in [0.15, 0.2) is 35.3 Å². The van der Waals surface area contributed by atoms with Crippen LogP contribution in [0.1, 0.15) is 12.5 Å². The van der Waals surface area contributed by atoms with Gasteiger partial charge in [0.05, 0.1) is 11.9 Å². The third-order valence-electron chi connectivity index (χ3n) is 2.95. The van der Waals surface area contributed by atoms with Gasteiger partial charge in [0, 0.05) is 13.1 Å². The molecule has 2 N–H and O–H groups in total. The van der Waals surface area contributed by atoms with Crippen LogP contribution in [-0.2, 0) is 13.0 Å². The monoisotopic (exact) mass is 293 g/mol. The molecule has 0 aliphatic heterocycles. The summed E-state index contributed by atoms with van der Waals surface area (Å²) in [6.07, 6.45) is 2.32. The number of benzene rings is 1. The molecule has 106 valence electrons. The predicted octanol–water partition coefficient (Wildman–Crippen LogP) is 2.28. The highest BCUT2D eigenvalue weighted by Gasteiger charge is 2.07. The molecule has 1 heterocycles. The first kappa shape index (κ1) is 14.4. The largest absolute Gasteiger partial charge is 0.508 e. The molecular weight excluding hydrogens is 278 g/mol. The number of rotatable bonds is 5. The van der Waals surface area contributed by atoms with Gasteiger partial charge >= 0.3 is 0 Å². The van der Waals surface area contributed by atoms with E-state index in [9.17, 15) is 9.90 Å². The second-order valence-corrected chi connectivity index (χ2v) is 4.71. The van der Waals surface area contributed by atoms with Crippen LogP contribution in [0.2, 0.25) is 5.02 Å². The van der Waals surface area contributed by atoms with Crippen molar-refractivity contribution >= 4 is 17.3 Å². The second kappa shape index (κ2) is 6.43. The van der Waals surface area contributed by atoms with Gasteiger partial charge in [-0.05, 0) is 31.0 Å². The summed E-state index contributed by atoms with van der Waals surface area (Å²) in [7, 11) is 0. The third kappa shape index (κ3) is 3.30. The summed E-state index contributed by atoms with van der Waals surface area (Å²) in [4.78, 5) is 11.8. The number of phenols is 1. The zero-order valence-electron chi connectivity index (χ0n) is 11.1. The van der Waals surface area contributed by atoms with Crippen LogP contribution in [0, 0.1) is 0 Å². The standard InChI is InChI=1S/C14H16ClN3O2/c1-2-18-14(20)13(15)12(9-17-18)16-8-7-10-3-5-11(19)6-4-10/h3-6,9,16,19H,2,7-8H2,1H3. The number of hydrogen-bond donors (Lipinski definition) is 2. The smallest absolute Gasteiger partial charge is 0.287 e. The minimum atomic E-state index is -0.288. The van der Waals surface area contributed by atoms with Crippen molar-refractivity contribution in [3.63, 3.8) is 0 Å². The molecule has 20 heavy (non-hydrogen) atoms. The molecule has 0 amide bonds. The average molecular weight is 294 g/mol. The number of hydrogen-bond acceptors (Lipinski definition) is 4. The van der Waals surface area contributed by atoms with Crippen molar-refractivity contribution in [3.8, 4) is 5.75 Å². The summed E-state index contributed by atoms with van der Waals surface area (Å²) < 4.78 is 1.31. The molecule has 0 aliphatic rings. The van der Waals surface area contributed by atoms with Gasteiger partial charge in [0.1, 0.15) is 10.8 Å². The molecule has 2 rings (SSSR count). The van der Waals surface area contributed by atoms with Crippen LogP contribution in [0.3, 0.4) is 0 Å². The van der Waals surface area contributed by atoms with Gasteiger partial charge < -0.3 is 10.4 Å². The molecule has 0 aliphatic carbocycles. The lowest BCUT2D eigenvalue weighted by Gasteiger charge is -2.09. The Bertz CT molecular complexity index is 638. The van der Waals surface area contributed by atoms with Gasteiger partial charge in [-0.3, -0.25) is 4.79 Å². The number of halogens is 1. The minimum Gasteiger partial charge on any atom is -0.508 e. The van der Waals surface area contributed by atoms with Crippen molar-refractivity contribution in [2.24, 2.45) is 0 Å². The van der Waals surface area contributed by atoms with Gasteiger partial charge in [-0.15, -0.1) is 0 Å². The Morgan fingerprint density at radius 2 is 2.05 bits per heavy atom. The topological polar surface area (TPSA) is 67.2 Å². The molecule has 1 aromatic heterocycles. The maximum Gasteiger partial charge on any atom is 0.287 e. The summed E-state index contributed by atoms with van der Waals surface area (Å²) in [6, 6.07) is 7.00. The zero-order valence-corrected chi connectivity index (χ0v) is 11.9. The molecule has 1 aromatic carbocycles. The fourth-order valence-electron chi connectivity index (χ4n) is 1.82. The molecule has 0 spiro atoms. The first-order valence-electron chi connectivity index (χ1n) is 6.39. The first-order chi connectivity index (χ1) is 9.61. The Hall–Kier alpha value is -2.01. The lowest BCUT2D eigenvalue weighted by molar-refractivity contribution is 0.475. The Kier molecular flexibility index (Phi) is 4.63. The fourth-order valence-corrected chi connectivity index (χ4v) is 2.03. The van der Waals surface area contributed by atoms with Crippen LogP contribution in [-0.4, -0.2) is 21.4 Å².